The Balaban J connectivity index is 1.25. The number of esters is 1. The number of fused-ring (bicyclic) bond motifs is 6. The van der Waals surface area contributed by atoms with Gasteiger partial charge in [-0.2, -0.15) is 10.4 Å². The lowest BCUT2D eigenvalue weighted by molar-refractivity contribution is -0.179. The highest BCUT2D eigenvalue weighted by molar-refractivity contribution is 8.14. The van der Waals surface area contributed by atoms with Gasteiger partial charge in [-0.15, -0.1) is 0 Å². The van der Waals surface area contributed by atoms with Crippen molar-refractivity contribution in [1.29, 1.82) is 5.26 Å². The zero-order chi connectivity index (χ0) is 31.7. The maximum atomic E-state index is 14.1. The molecule has 0 saturated heterocycles. The van der Waals surface area contributed by atoms with Crippen LogP contribution < -0.4 is 0 Å². The molecule has 1 N–H and O–H groups in total. The molecule has 7 rings (SSSR count). The second kappa shape index (κ2) is 10.7. The molecule has 1 aromatic carbocycles. The van der Waals surface area contributed by atoms with Crippen molar-refractivity contribution in [2.45, 2.75) is 64.6 Å². The average molecular weight is 630 g/mol. The number of allylic oxidation sites excluding steroid dienone is 1. The second-order valence-electron chi connectivity index (χ2n) is 13.7. The number of hydrogen-bond acceptors (Lipinski definition) is 8. The van der Waals surface area contributed by atoms with E-state index in [2.05, 4.69) is 18.1 Å². The minimum Gasteiger partial charge on any atom is -0.457 e. The van der Waals surface area contributed by atoms with E-state index in [1.807, 2.05) is 30.8 Å². The molecule has 3 aromatic rings. The molecule has 8 nitrogen and oxygen atoms in total. The lowest BCUT2D eigenvalue weighted by Gasteiger charge is -2.60. The van der Waals surface area contributed by atoms with E-state index in [9.17, 15) is 24.3 Å². The quantitative estimate of drug-likeness (QED) is 0.323. The number of carbonyl (C=O) groups is 2. The number of aliphatic hydroxyl groups is 1. The van der Waals surface area contributed by atoms with Gasteiger partial charge in [-0.1, -0.05) is 38.1 Å². The first kappa shape index (κ1) is 30.0. The van der Waals surface area contributed by atoms with Crippen molar-refractivity contribution in [2.75, 3.05) is 5.75 Å². The van der Waals surface area contributed by atoms with Gasteiger partial charge in [0.25, 0.3) is 0 Å². The predicted octanol–water partition coefficient (Wildman–Crippen LogP) is 6.38. The van der Waals surface area contributed by atoms with Gasteiger partial charge < -0.3 is 14.3 Å². The Kier molecular flexibility index (Phi) is 7.13. The zero-order valence-corrected chi connectivity index (χ0v) is 26.4. The summed E-state index contributed by atoms with van der Waals surface area (Å²) in [6, 6.07) is 11.5. The summed E-state index contributed by atoms with van der Waals surface area (Å²) in [5.41, 5.74) is 1.43. The number of halogens is 1. The Morgan fingerprint density at radius 3 is 2.76 bits per heavy atom. The Hall–Kier alpha value is -3.68. The normalized spacial score (nSPS) is 34.8. The molecule has 2 heterocycles. The molecular formula is C35H36FN3O5S. The number of nitrogens with zero attached hydrogens (tertiary/aromatic N) is 3. The number of carbonyl (C=O) groups excluding carboxylic acids is 2. The van der Waals surface area contributed by atoms with Crippen molar-refractivity contribution in [3.63, 3.8) is 0 Å². The molecule has 0 spiro atoms. The first-order valence-electron chi connectivity index (χ1n) is 15.6. The SMILES string of the molecule is C[C@@H]1C[C@H]2[C@@H]3CCC4=Cc5c(cnn5-c5ccc(F)cc5)C[C@]4(C)[C@H]3[C@@H](O)C[C@]2(C)[C@@]1(OC(=O)c1ccco1)C(=O)SCC#N. The summed E-state index contributed by atoms with van der Waals surface area (Å²) in [4.78, 5) is 27.5. The van der Waals surface area contributed by atoms with Crippen LogP contribution in [0.5, 0.6) is 0 Å². The molecule has 10 heteroatoms. The Bertz CT molecular complexity index is 1730. The molecule has 8 atom stereocenters. The molecule has 0 unspecified atom stereocenters. The number of rotatable bonds is 5. The van der Waals surface area contributed by atoms with E-state index >= 15 is 0 Å². The van der Waals surface area contributed by atoms with Crippen molar-refractivity contribution < 1.29 is 28.2 Å². The van der Waals surface area contributed by atoms with E-state index < -0.39 is 23.1 Å². The summed E-state index contributed by atoms with van der Waals surface area (Å²) < 4.78 is 27.1. The fourth-order valence-corrected chi connectivity index (χ4v) is 10.7. The third kappa shape index (κ3) is 4.30. The topological polar surface area (TPSA) is 118 Å². The zero-order valence-electron chi connectivity index (χ0n) is 25.5. The highest BCUT2D eigenvalue weighted by Crippen LogP contribution is 2.70. The third-order valence-corrected chi connectivity index (χ3v) is 12.4. The first-order chi connectivity index (χ1) is 21.5. The van der Waals surface area contributed by atoms with E-state index in [0.29, 0.717) is 12.8 Å². The monoisotopic (exact) mass is 629 g/mol. The fourth-order valence-electron chi connectivity index (χ4n) is 9.78. The number of nitriles is 1. The van der Waals surface area contributed by atoms with Crippen molar-refractivity contribution in [3.8, 4) is 11.8 Å². The van der Waals surface area contributed by atoms with Gasteiger partial charge in [0.05, 0.1) is 41.8 Å². The van der Waals surface area contributed by atoms with Crippen molar-refractivity contribution in [1.82, 2.24) is 9.78 Å². The number of aromatic nitrogens is 2. The summed E-state index contributed by atoms with van der Waals surface area (Å²) in [7, 11) is 0. The maximum absolute atomic E-state index is 14.1. The van der Waals surface area contributed by atoms with Crippen molar-refractivity contribution >= 4 is 28.9 Å². The molecule has 3 fully saturated rings. The second-order valence-corrected chi connectivity index (χ2v) is 14.7. The van der Waals surface area contributed by atoms with Gasteiger partial charge in [0.15, 0.2) is 5.60 Å². The van der Waals surface area contributed by atoms with Gasteiger partial charge in [0.1, 0.15) is 5.82 Å². The van der Waals surface area contributed by atoms with Crippen LogP contribution >= 0.6 is 11.8 Å². The number of thioether (sulfide) groups is 1. The lowest BCUT2D eigenvalue weighted by Crippen LogP contribution is -2.63. The molecule has 4 aliphatic rings. The molecule has 2 aromatic heterocycles. The molecule has 4 aliphatic carbocycles. The minimum atomic E-state index is -1.53. The van der Waals surface area contributed by atoms with Gasteiger partial charge in [-0.25, -0.2) is 13.9 Å². The smallest absolute Gasteiger partial charge is 0.375 e. The molecule has 0 aliphatic heterocycles. The number of aliphatic hydroxyl groups excluding tert-OH is 1. The van der Waals surface area contributed by atoms with E-state index in [-0.39, 0.29) is 58.0 Å². The Labute approximate surface area is 265 Å². The van der Waals surface area contributed by atoms with Crippen LogP contribution in [-0.2, 0) is 16.0 Å². The van der Waals surface area contributed by atoms with Gasteiger partial charge >= 0.3 is 5.97 Å². The molecular weight excluding hydrogens is 593 g/mol. The van der Waals surface area contributed by atoms with Crippen LogP contribution in [0.1, 0.15) is 68.3 Å². The van der Waals surface area contributed by atoms with Crippen LogP contribution in [0, 0.1) is 51.6 Å². The average Bonchev–Trinajstić information content (AvgIpc) is 3.73. The number of ether oxygens (including phenoxy) is 1. The summed E-state index contributed by atoms with van der Waals surface area (Å²) in [6.45, 7) is 6.20. The number of benzene rings is 1. The van der Waals surface area contributed by atoms with Gasteiger partial charge in [-0.05, 0) is 103 Å². The van der Waals surface area contributed by atoms with Crippen LogP contribution in [0.3, 0.4) is 0 Å². The van der Waals surface area contributed by atoms with Gasteiger partial charge in [0.2, 0.25) is 10.9 Å². The van der Waals surface area contributed by atoms with Gasteiger partial charge in [0, 0.05) is 11.3 Å². The molecule has 0 bridgehead atoms. The predicted molar refractivity (Wildman–Crippen MR) is 165 cm³/mol. The summed E-state index contributed by atoms with van der Waals surface area (Å²) in [6.07, 6.45) is 8.05. The van der Waals surface area contributed by atoms with E-state index in [0.717, 1.165) is 41.5 Å². The largest absolute Gasteiger partial charge is 0.457 e. The molecule has 0 radical (unpaired) electrons. The van der Waals surface area contributed by atoms with Crippen LogP contribution in [0.2, 0.25) is 0 Å². The van der Waals surface area contributed by atoms with Gasteiger partial charge in [-0.3, -0.25) is 4.79 Å². The highest BCUT2D eigenvalue weighted by Gasteiger charge is 2.73. The van der Waals surface area contributed by atoms with Crippen LogP contribution in [-0.4, -0.2) is 43.4 Å². The number of furan rings is 1. The fraction of sp³-hybridized carbons (Fsp3) is 0.486. The highest BCUT2D eigenvalue weighted by atomic mass is 32.2. The third-order valence-electron chi connectivity index (χ3n) is 11.6. The Morgan fingerprint density at radius 1 is 1.27 bits per heavy atom. The van der Waals surface area contributed by atoms with E-state index in [1.165, 1.54) is 30.0 Å². The molecule has 3 saturated carbocycles. The standard InChI is InChI=1S/C35H36FN3O5S/c1-20-15-26-25-11-6-22-16-27-21(19-38-39(27)24-9-7-23(36)8-10-24)17-33(22,2)30(25)28(40)18-34(26,3)35(20,32(42)45-14-12-37)44-31(41)29-5-4-13-43-29/h4-5,7-10,13,16,19-20,25-26,28,30,40H,6,11,14-15,17-18H2,1-3H3/t20-,25+,26+,28+,30-,33+,34+,35+/m1/s1. The Morgan fingerprint density at radius 2 is 2.04 bits per heavy atom. The van der Waals surface area contributed by atoms with Crippen LogP contribution in [0.25, 0.3) is 11.8 Å². The van der Waals surface area contributed by atoms with Crippen LogP contribution in [0.4, 0.5) is 4.39 Å². The summed E-state index contributed by atoms with van der Waals surface area (Å²) in [5, 5.41) is 25.8. The van der Waals surface area contributed by atoms with Crippen LogP contribution in [0.15, 0.2) is 58.8 Å². The van der Waals surface area contributed by atoms with E-state index in [4.69, 9.17) is 9.15 Å². The molecule has 0 amide bonds. The molecule has 234 valence electrons. The lowest BCUT2D eigenvalue weighted by atomic mass is 9.45. The first-order valence-corrected chi connectivity index (χ1v) is 16.5. The maximum Gasteiger partial charge on any atom is 0.375 e. The number of hydrogen-bond donors (Lipinski definition) is 1. The molecule has 45 heavy (non-hydrogen) atoms. The van der Waals surface area contributed by atoms with Crippen molar-refractivity contribution in [2.24, 2.45) is 34.5 Å². The summed E-state index contributed by atoms with van der Waals surface area (Å²) >= 11 is 0.883. The van der Waals surface area contributed by atoms with Crippen molar-refractivity contribution in [3.05, 3.63) is 77.3 Å². The van der Waals surface area contributed by atoms with E-state index in [1.54, 1.807) is 18.2 Å². The minimum absolute atomic E-state index is 0.0126. The summed E-state index contributed by atoms with van der Waals surface area (Å²) in [5.74, 6) is -1.34.